The van der Waals surface area contributed by atoms with Crippen LogP contribution >= 0.6 is 11.8 Å². The fraction of sp³-hybridized carbons (Fsp3) is 0.150. The first-order valence-electron chi connectivity index (χ1n) is 8.59. The van der Waals surface area contributed by atoms with Crippen molar-refractivity contribution in [1.29, 1.82) is 0 Å². The molecule has 7 heteroatoms. The zero-order valence-corrected chi connectivity index (χ0v) is 15.8. The SMILES string of the molecule is CSC(C)c1cccc(Nc2nc3c(cnn3-c3ccccc3)c(=O)[nH]2)c1. The van der Waals surface area contributed by atoms with E-state index < -0.39 is 0 Å². The van der Waals surface area contributed by atoms with Crippen molar-refractivity contribution in [2.24, 2.45) is 0 Å². The molecule has 0 fully saturated rings. The van der Waals surface area contributed by atoms with Crippen LogP contribution in [0.3, 0.4) is 0 Å². The quantitative estimate of drug-likeness (QED) is 0.543. The molecule has 2 heterocycles. The molecule has 0 bridgehead atoms. The Morgan fingerprint density at radius 3 is 2.74 bits per heavy atom. The number of fused-ring (bicyclic) bond motifs is 1. The predicted molar refractivity (Wildman–Crippen MR) is 111 cm³/mol. The average Bonchev–Trinajstić information content (AvgIpc) is 3.13. The van der Waals surface area contributed by atoms with E-state index in [9.17, 15) is 4.79 Å². The van der Waals surface area contributed by atoms with Gasteiger partial charge in [-0.25, -0.2) is 4.68 Å². The highest BCUT2D eigenvalue weighted by Crippen LogP contribution is 2.28. The molecule has 136 valence electrons. The average molecular weight is 377 g/mol. The summed E-state index contributed by atoms with van der Waals surface area (Å²) in [6.07, 6.45) is 3.63. The van der Waals surface area contributed by atoms with E-state index in [0.717, 1.165) is 11.4 Å². The Bertz CT molecular complexity index is 1140. The van der Waals surface area contributed by atoms with Crippen LogP contribution in [0.25, 0.3) is 16.7 Å². The fourth-order valence-corrected chi connectivity index (χ4v) is 3.30. The van der Waals surface area contributed by atoms with Crippen LogP contribution in [0.4, 0.5) is 11.6 Å². The maximum absolute atomic E-state index is 12.5. The molecule has 1 unspecified atom stereocenters. The molecule has 1 atom stereocenters. The molecule has 0 aliphatic carbocycles. The van der Waals surface area contributed by atoms with Gasteiger partial charge in [0, 0.05) is 10.9 Å². The van der Waals surface area contributed by atoms with Gasteiger partial charge in [0.25, 0.3) is 5.56 Å². The van der Waals surface area contributed by atoms with Gasteiger partial charge in [-0.15, -0.1) is 0 Å². The van der Waals surface area contributed by atoms with Gasteiger partial charge in [0.1, 0.15) is 5.39 Å². The number of nitrogens with zero attached hydrogens (tertiary/aromatic N) is 3. The van der Waals surface area contributed by atoms with Crippen molar-refractivity contribution in [3.8, 4) is 5.69 Å². The first-order chi connectivity index (χ1) is 13.2. The largest absolute Gasteiger partial charge is 0.326 e. The van der Waals surface area contributed by atoms with Crippen molar-refractivity contribution in [3.05, 3.63) is 76.7 Å². The Kier molecular flexibility index (Phi) is 4.68. The van der Waals surface area contributed by atoms with Crippen molar-refractivity contribution in [2.75, 3.05) is 11.6 Å². The van der Waals surface area contributed by atoms with Crippen LogP contribution < -0.4 is 10.9 Å². The summed E-state index contributed by atoms with van der Waals surface area (Å²) >= 11 is 1.79. The third-order valence-corrected chi connectivity index (χ3v) is 5.39. The standard InChI is InChI=1S/C20H19N5OS/c1-13(27-2)14-7-6-8-15(11-14)22-20-23-18-17(19(26)24-20)12-21-25(18)16-9-4-3-5-10-16/h3-13H,1-2H3,(H2,22,23,24,26). The second kappa shape index (κ2) is 7.28. The van der Waals surface area contributed by atoms with Gasteiger partial charge >= 0.3 is 0 Å². The lowest BCUT2D eigenvalue weighted by Crippen LogP contribution is -2.11. The van der Waals surface area contributed by atoms with Gasteiger partial charge in [-0.1, -0.05) is 30.3 Å². The van der Waals surface area contributed by atoms with Crippen LogP contribution in [0, 0.1) is 0 Å². The normalized spacial score (nSPS) is 12.2. The zero-order chi connectivity index (χ0) is 18.8. The van der Waals surface area contributed by atoms with Gasteiger partial charge < -0.3 is 5.32 Å². The third-order valence-electron chi connectivity index (χ3n) is 4.41. The van der Waals surface area contributed by atoms with E-state index in [4.69, 9.17) is 0 Å². The van der Waals surface area contributed by atoms with Gasteiger partial charge in [0.05, 0.1) is 11.9 Å². The van der Waals surface area contributed by atoms with E-state index in [1.54, 1.807) is 22.6 Å². The molecule has 2 aromatic carbocycles. The van der Waals surface area contributed by atoms with Crippen molar-refractivity contribution < 1.29 is 0 Å². The molecule has 0 saturated heterocycles. The van der Waals surface area contributed by atoms with Gasteiger partial charge in [0.15, 0.2) is 5.65 Å². The minimum atomic E-state index is -0.224. The molecule has 27 heavy (non-hydrogen) atoms. The summed E-state index contributed by atoms with van der Waals surface area (Å²) in [5.41, 5.74) is 3.23. The third kappa shape index (κ3) is 3.46. The highest BCUT2D eigenvalue weighted by Gasteiger charge is 2.12. The highest BCUT2D eigenvalue weighted by molar-refractivity contribution is 7.98. The first-order valence-corrected chi connectivity index (χ1v) is 9.88. The molecular weight excluding hydrogens is 358 g/mol. The summed E-state index contributed by atoms with van der Waals surface area (Å²) in [5.74, 6) is 0.388. The summed E-state index contributed by atoms with van der Waals surface area (Å²) in [7, 11) is 0. The van der Waals surface area contributed by atoms with E-state index in [1.807, 2.05) is 42.5 Å². The predicted octanol–water partition coefficient (Wildman–Crippen LogP) is 4.28. The molecule has 0 radical (unpaired) electrons. The van der Waals surface area contributed by atoms with Gasteiger partial charge in [-0.2, -0.15) is 21.8 Å². The number of aromatic amines is 1. The minimum Gasteiger partial charge on any atom is -0.326 e. The molecule has 6 nitrogen and oxygen atoms in total. The second-order valence-electron chi connectivity index (χ2n) is 6.17. The number of H-pyrrole nitrogens is 1. The lowest BCUT2D eigenvalue weighted by molar-refractivity contribution is 0.895. The van der Waals surface area contributed by atoms with Crippen LogP contribution in [-0.4, -0.2) is 26.0 Å². The number of anilines is 2. The van der Waals surface area contributed by atoms with Crippen LogP contribution in [0.5, 0.6) is 0 Å². The van der Waals surface area contributed by atoms with Crippen molar-refractivity contribution in [2.45, 2.75) is 12.2 Å². The van der Waals surface area contributed by atoms with Crippen molar-refractivity contribution >= 4 is 34.4 Å². The lowest BCUT2D eigenvalue weighted by atomic mass is 10.1. The second-order valence-corrected chi connectivity index (χ2v) is 7.35. The van der Waals surface area contributed by atoms with Gasteiger partial charge in [-0.3, -0.25) is 9.78 Å². The molecule has 2 aromatic heterocycles. The minimum absolute atomic E-state index is 0.224. The molecular formula is C20H19N5OS. The number of hydrogen-bond acceptors (Lipinski definition) is 5. The Labute approximate surface area is 160 Å². The summed E-state index contributed by atoms with van der Waals surface area (Å²) in [6, 6.07) is 17.7. The van der Waals surface area contributed by atoms with E-state index >= 15 is 0 Å². The maximum atomic E-state index is 12.5. The van der Waals surface area contributed by atoms with Crippen LogP contribution in [-0.2, 0) is 0 Å². The van der Waals surface area contributed by atoms with E-state index in [0.29, 0.717) is 22.2 Å². The Morgan fingerprint density at radius 2 is 1.96 bits per heavy atom. The van der Waals surface area contributed by atoms with E-state index in [1.165, 1.54) is 5.56 Å². The van der Waals surface area contributed by atoms with Crippen LogP contribution in [0.1, 0.15) is 17.7 Å². The highest BCUT2D eigenvalue weighted by atomic mass is 32.2. The molecule has 4 rings (SSSR count). The number of benzene rings is 2. The first kappa shape index (κ1) is 17.4. The lowest BCUT2D eigenvalue weighted by Gasteiger charge is -2.11. The maximum Gasteiger partial charge on any atom is 0.263 e. The number of para-hydroxylation sites is 1. The van der Waals surface area contributed by atoms with Crippen LogP contribution in [0.2, 0.25) is 0 Å². The van der Waals surface area contributed by atoms with Gasteiger partial charge in [-0.05, 0) is 43.0 Å². The molecule has 4 aromatic rings. The van der Waals surface area contributed by atoms with E-state index in [-0.39, 0.29) is 5.56 Å². The summed E-state index contributed by atoms with van der Waals surface area (Å²) in [4.78, 5) is 19.8. The monoisotopic (exact) mass is 377 g/mol. The topological polar surface area (TPSA) is 75.6 Å². The fourth-order valence-electron chi connectivity index (χ4n) is 2.88. The molecule has 0 spiro atoms. The summed E-state index contributed by atoms with van der Waals surface area (Å²) in [5, 5.41) is 8.38. The van der Waals surface area contributed by atoms with E-state index in [2.05, 4.69) is 45.7 Å². The Balaban J connectivity index is 1.74. The van der Waals surface area contributed by atoms with Crippen LogP contribution in [0.15, 0.2) is 65.6 Å². The number of hydrogen-bond donors (Lipinski definition) is 2. The summed E-state index contributed by atoms with van der Waals surface area (Å²) < 4.78 is 1.67. The Morgan fingerprint density at radius 1 is 1.15 bits per heavy atom. The molecule has 0 amide bonds. The number of rotatable bonds is 5. The Hall–Kier alpha value is -3.06. The molecule has 2 N–H and O–H groups in total. The molecule has 0 saturated carbocycles. The van der Waals surface area contributed by atoms with Crippen molar-refractivity contribution in [3.63, 3.8) is 0 Å². The van der Waals surface area contributed by atoms with Crippen molar-refractivity contribution in [1.82, 2.24) is 19.7 Å². The number of thioether (sulfide) groups is 1. The molecule has 0 aliphatic heterocycles. The number of aromatic nitrogens is 4. The smallest absolute Gasteiger partial charge is 0.263 e. The zero-order valence-electron chi connectivity index (χ0n) is 15.0. The molecule has 0 aliphatic rings. The van der Waals surface area contributed by atoms with Gasteiger partial charge in [0.2, 0.25) is 5.95 Å². The number of nitrogens with one attached hydrogen (secondary N) is 2. The summed E-state index contributed by atoms with van der Waals surface area (Å²) in [6.45, 7) is 2.16.